The summed E-state index contributed by atoms with van der Waals surface area (Å²) in [7, 11) is 0. The van der Waals surface area contributed by atoms with Crippen LogP contribution in [0.1, 0.15) is 62.3 Å². The summed E-state index contributed by atoms with van der Waals surface area (Å²) in [5.41, 5.74) is 15.9. The molecule has 2 aliphatic carbocycles. The van der Waals surface area contributed by atoms with E-state index in [0.29, 0.717) is 12.0 Å². The lowest BCUT2D eigenvalue weighted by molar-refractivity contribution is 0.519. The van der Waals surface area contributed by atoms with Gasteiger partial charge < -0.3 is 14.4 Å². The van der Waals surface area contributed by atoms with Gasteiger partial charge >= 0.3 is 0 Å². The molecule has 0 saturated heterocycles. The first-order valence-electron chi connectivity index (χ1n) is 18.6. The van der Waals surface area contributed by atoms with E-state index in [2.05, 4.69) is 188 Å². The monoisotopic (exact) mass is 659 g/mol. The van der Waals surface area contributed by atoms with Crippen molar-refractivity contribution in [3.8, 4) is 5.69 Å². The lowest BCUT2D eigenvalue weighted by atomic mass is 9.64. The number of anilines is 3. The van der Waals surface area contributed by atoms with E-state index in [1.54, 1.807) is 0 Å². The highest BCUT2D eigenvalue weighted by atomic mass is 15.2. The molecule has 0 fully saturated rings. The van der Waals surface area contributed by atoms with E-state index in [1.165, 1.54) is 78.1 Å². The molecule has 0 N–H and O–H groups in total. The molecule has 51 heavy (non-hydrogen) atoms. The first-order valence-corrected chi connectivity index (χ1v) is 18.6. The van der Waals surface area contributed by atoms with E-state index in [0.717, 1.165) is 6.42 Å². The van der Waals surface area contributed by atoms with Crippen LogP contribution in [-0.4, -0.2) is 16.7 Å². The highest BCUT2D eigenvalue weighted by Gasteiger charge is 2.49. The van der Waals surface area contributed by atoms with Crippen LogP contribution < -0.4 is 9.80 Å². The number of rotatable bonds is 2. The lowest BCUT2D eigenvalue weighted by Gasteiger charge is -2.52. The Morgan fingerprint density at radius 1 is 0.608 bits per heavy atom. The second-order valence-electron chi connectivity index (χ2n) is 16.1. The van der Waals surface area contributed by atoms with Gasteiger partial charge in [-0.3, -0.25) is 0 Å². The fourth-order valence-electron chi connectivity index (χ4n) is 10.4. The van der Waals surface area contributed by atoms with Crippen LogP contribution >= 0.6 is 0 Å². The van der Waals surface area contributed by atoms with Gasteiger partial charge in [-0.25, -0.2) is 0 Å². The van der Waals surface area contributed by atoms with Gasteiger partial charge in [0, 0.05) is 44.6 Å². The van der Waals surface area contributed by atoms with E-state index in [1.807, 2.05) is 0 Å². The van der Waals surface area contributed by atoms with Crippen molar-refractivity contribution in [3.63, 3.8) is 0 Å². The molecule has 3 aliphatic heterocycles. The number of para-hydroxylation sites is 4. The van der Waals surface area contributed by atoms with Gasteiger partial charge in [0.1, 0.15) is 0 Å². The minimum absolute atomic E-state index is 0.184. The fraction of sp³-hybridized carbons (Fsp3) is 0.208. The average Bonchev–Trinajstić information content (AvgIpc) is 3.68. The number of benzene rings is 5. The Kier molecular flexibility index (Phi) is 5.75. The molecule has 4 heterocycles. The molecule has 3 atom stereocenters. The molecule has 248 valence electrons. The van der Waals surface area contributed by atoms with Crippen LogP contribution in [0.2, 0.25) is 0 Å². The smallest absolute Gasteiger partial charge is 0.0586 e. The predicted octanol–water partition coefficient (Wildman–Crippen LogP) is 11.5. The van der Waals surface area contributed by atoms with Crippen LogP contribution in [0.4, 0.5) is 17.1 Å². The standard InChI is InChI=1S/C48H41N3/c1-47(2)36-19-9-14-24-44(36)51-45-26-25-30(49-40-20-10-5-15-32(40)33-16-6-11-21-41(33)49)27-37(45)48(3,4)39-29-31(28-38(47)46(39)51)50-42-22-12-7-17-34(42)35-18-8-13-23-43(35)50/h5-26,28-30,32,40H,27H2,1-4H3. The van der Waals surface area contributed by atoms with Crippen molar-refractivity contribution in [1.29, 1.82) is 0 Å². The van der Waals surface area contributed by atoms with Gasteiger partial charge in [0.15, 0.2) is 0 Å². The molecule has 3 unspecified atom stereocenters. The molecule has 3 nitrogen and oxygen atoms in total. The fourth-order valence-corrected chi connectivity index (χ4v) is 10.4. The van der Waals surface area contributed by atoms with Crippen molar-refractivity contribution in [3.05, 3.63) is 179 Å². The van der Waals surface area contributed by atoms with E-state index in [4.69, 9.17) is 0 Å². The Morgan fingerprint density at radius 2 is 1.24 bits per heavy atom. The predicted molar refractivity (Wildman–Crippen MR) is 213 cm³/mol. The number of hydrogen-bond donors (Lipinski definition) is 0. The third kappa shape index (κ3) is 3.74. The minimum Gasteiger partial charge on any atom is -0.357 e. The van der Waals surface area contributed by atoms with Gasteiger partial charge in [0.05, 0.1) is 34.5 Å². The van der Waals surface area contributed by atoms with Gasteiger partial charge in [0.25, 0.3) is 0 Å². The molecule has 6 aromatic rings. The quantitative estimate of drug-likeness (QED) is 0.183. The molecule has 0 amide bonds. The summed E-state index contributed by atoms with van der Waals surface area (Å²) in [6.45, 7) is 9.81. The van der Waals surface area contributed by atoms with Gasteiger partial charge in [-0.2, -0.15) is 0 Å². The molecular formula is C48H41N3. The van der Waals surface area contributed by atoms with Crippen LogP contribution in [0.3, 0.4) is 0 Å². The zero-order valence-corrected chi connectivity index (χ0v) is 29.6. The van der Waals surface area contributed by atoms with Crippen molar-refractivity contribution >= 4 is 38.9 Å². The topological polar surface area (TPSA) is 11.4 Å². The molecule has 1 aromatic heterocycles. The molecule has 5 aromatic carbocycles. The first-order chi connectivity index (χ1) is 24.8. The summed E-state index contributed by atoms with van der Waals surface area (Å²) >= 11 is 0. The van der Waals surface area contributed by atoms with Crippen molar-refractivity contribution < 1.29 is 0 Å². The third-order valence-corrected chi connectivity index (χ3v) is 12.9. The highest BCUT2D eigenvalue weighted by molar-refractivity contribution is 6.09. The summed E-state index contributed by atoms with van der Waals surface area (Å²) in [4.78, 5) is 5.33. The van der Waals surface area contributed by atoms with Crippen LogP contribution in [-0.2, 0) is 10.8 Å². The summed E-state index contributed by atoms with van der Waals surface area (Å²) in [6, 6.07) is 41.6. The Labute approximate surface area is 300 Å². The zero-order valence-electron chi connectivity index (χ0n) is 29.6. The van der Waals surface area contributed by atoms with Crippen LogP contribution in [0.5, 0.6) is 0 Å². The molecule has 0 saturated carbocycles. The number of hydrogen-bond acceptors (Lipinski definition) is 2. The maximum Gasteiger partial charge on any atom is 0.0586 e. The largest absolute Gasteiger partial charge is 0.357 e. The van der Waals surface area contributed by atoms with E-state index in [9.17, 15) is 0 Å². The number of allylic oxidation sites excluding steroid dienone is 3. The number of fused-ring (bicyclic) bond motifs is 9. The zero-order chi connectivity index (χ0) is 34.2. The van der Waals surface area contributed by atoms with E-state index in [-0.39, 0.29) is 16.9 Å². The maximum absolute atomic E-state index is 2.71. The lowest BCUT2D eigenvalue weighted by Crippen LogP contribution is -2.46. The maximum atomic E-state index is 2.71. The van der Waals surface area contributed by atoms with Gasteiger partial charge in [0.2, 0.25) is 0 Å². The molecule has 3 heteroatoms. The van der Waals surface area contributed by atoms with E-state index < -0.39 is 0 Å². The molecule has 0 radical (unpaired) electrons. The molecule has 0 spiro atoms. The summed E-state index contributed by atoms with van der Waals surface area (Å²) < 4.78 is 2.51. The van der Waals surface area contributed by atoms with Crippen molar-refractivity contribution in [2.75, 3.05) is 9.80 Å². The van der Waals surface area contributed by atoms with Crippen molar-refractivity contribution in [2.45, 2.75) is 62.9 Å². The van der Waals surface area contributed by atoms with Crippen LogP contribution in [0.15, 0.2) is 157 Å². The SMILES string of the molecule is CC1(C)C2=C(C=CC(N3c4ccccc4C4C=CC=CC43)C2)N2c3ccccc3C(C)(C)c3cc(-n4c5ccccc5c5ccccc54)cc1c32. The molecule has 5 aliphatic rings. The highest BCUT2D eigenvalue weighted by Crippen LogP contribution is 2.60. The Hall–Kier alpha value is -5.54. The number of nitrogens with zero attached hydrogens (tertiary/aromatic N) is 3. The minimum atomic E-state index is -0.197. The Bertz CT molecular complexity index is 2550. The molecule has 0 bridgehead atoms. The summed E-state index contributed by atoms with van der Waals surface area (Å²) in [5.74, 6) is 0.391. The first kappa shape index (κ1) is 29.2. The molecule has 11 rings (SSSR count). The summed E-state index contributed by atoms with van der Waals surface area (Å²) in [6.07, 6.45) is 15.2. The van der Waals surface area contributed by atoms with Crippen LogP contribution in [0, 0.1) is 0 Å². The average molecular weight is 660 g/mol. The molecular weight excluding hydrogens is 619 g/mol. The van der Waals surface area contributed by atoms with Crippen LogP contribution in [0.25, 0.3) is 27.5 Å². The van der Waals surface area contributed by atoms with Crippen molar-refractivity contribution in [2.24, 2.45) is 0 Å². The second kappa shape index (κ2) is 10.0. The summed E-state index contributed by atoms with van der Waals surface area (Å²) in [5, 5.41) is 2.59. The van der Waals surface area contributed by atoms with Gasteiger partial charge in [-0.05, 0) is 76.7 Å². The Morgan fingerprint density at radius 3 is 2.00 bits per heavy atom. The van der Waals surface area contributed by atoms with Gasteiger partial charge in [-0.15, -0.1) is 0 Å². The Balaban J connectivity index is 1.14. The van der Waals surface area contributed by atoms with E-state index >= 15 is 0 Å². The second-order valence-corrected chi connectivity index (χ2v) is 16.1. The number of aromatic nitrogens is 1. The van der Waals surface area contributed by atoms with Crippen molar-refractivity contribution in [1.82, 2.24) is 4.57 Å². The normalized spacial score (nSPS) is 22.9. The van der Waals surface area contributed by atoms with Gasteiger partial charge in [-0.1, -0.05) is 131 Å². The third-order valence-electron chi connectivity index (χ3n) is 12.9.